The van der Waals surface area contributed by atoms with Gasteiger partial charge in [0.1, 0.15) is 9.84 Å². The van der Waals surface area contributed by atoms with Crippen molar-refractivity contribution in [3.8, 4) is 0 Å². The fraction of sp³-hybridized carbons (Fsp3) is 0.455. The van der Waals surface area contributed by atoms with Crippen LogP contribution in [0.5, 0.6) is 0 Å². The summed E-state index contributed by atoms with van der Waals surface area (Å²) in [4.78, 5) is 0. The number of hydrogen-bond donors (Lipinski definition) is 1. The second-order valence-electron chi connectivity index (χ2n) is 4.33. The van der Waals surface area contributed by atoms with E-state index in [0.717, 1.165) is 12.3 Å². The highest BCUT2D eigenvalue weighted by Crippen LogP contribution is 2.36. The van der Waals surface area contributed by atoms with E-state index in [2.05, 4.69) is 5.32 Å². The Morgan fingerprint density at radius 1 is 1.37 bits per heavy atom. The van der Waals surface area contributed by atoms with Gasteiger partial charge in [-0.25, -0.2) is 8.42 Å². The van der Waals surface area contributed by atoms with E-state index in [-0.39, 0.29) is 16.5 Å². The van der Waals surface area contributed by atoms with Crippen molar-refractivity contribution in [2.75, 3.05) is 17.3 Å². The minimum atomic E-state index is -4.56. The van der Waals surface area contributed by atoms with Crippen LogP contribution in [0.3, 0.4) is 0 Å². The molecule has 1 rings (SSSR count). The summed E-state index contributed by atoms with van der Waals surface area (Å²) in [6, 6.07) is 2.66. The summed E-state index contributed by atoms with van der Waals surface area (Å²) >= 11 is 5.54. The first-order chi connectivity index (χ1) is 8.49. The molecule has 0 spiro atoms. The molecule has 0 aliphatic carbocycles. The lowest BCUT2D eigenvalue weighted by molar-refractivity contribution is -0.136. The first-order valence-corrected chi connectivity index (χ1v) is 7.74. The van der Waals surface area contributed by atoms with Crippen LogP contribution in [0.25, 0.3) is 0 Å². The fourth-order valence-electron chi connectivity index (χ4n) is 1.64. The molecular formula is C11H13ClF3NO2S. The van der Waals surface area contributed by atoms with Gasteiger partial charge in [0.25, 0.3) is 0 Å². The maximum atomic E-state index is 12.8. The molecule has 0 bridgehead atoms. The van der Waals surface area contributed by atoms with Crippen LogP contribution in [-0.2, 0) is 16.0 Å². The third kappa shape index (κ3) is 5.28. The van der Waals surface area contributed by atoms with E-state index in [9.17, 15) is 21.6 Å². The number of rotatable bonds is 4. The zero-order valence-corrected chi connectivity index (χ0v) is 11.8. The molecule has 1 unspecified atom stereocenters. The number of anilines is 1. The zero-order chi connectivity index (χ0) is 14.8. The molecule has 0 heterocycles. The average Bonchev–Trinajstić information content (AvgIpc) is 2.16. The molecule has 8 heteroatoms. The van der Waals surface area contributed by atoms with E-state index in [4.69, 9.17) is 11.6 Å². The molecule has 1 atom stereocenters. The van der Waals surface area contributed by atoms with Crippen LogP contribution < -0.4 is 5.32 Å². The van der Waals surface area contributed by atoms with Gasteiger partial charge in [-0.15, -0.1) is 0 Å². The number of alkyl halides is 3. The highest BCUT2D eigenvalue weighted by Gasteiger charge is 2.34. The van der Waals surface area contributed by atoms with Crippen LogP contribution >= 0.6 is 11.6 Å². The highest BCUT2D eigenvalue weighted by atomic mass is 35.5. The van der Waals surface area contributed by atoms with E-state index >= 15 is 0 Å². The molecule has 1 N–H and O–H groups in total. The van der Waals surface area contributed by atoms with E-state index in [0.29, 0.717) is 0 Å². The third-order valence-corrected chi connectivity index (χ3v) is 3.58. The van der Waals surface area contributed by atoms with Gasteiger partial charge >= 0.3 is 6.18 Å². The van der Waals surface area contributed by atoms with Gasteiger partial charge in [0.2, 0.25) is 0 Å². The number of hydrogen-bond acceptors (Lipinski definition) is 3. The monoisotopic (exact) mass is 315 g/mol. The molecule has 0 aliphatic rings. The lowest BCUT2D eigenvalue weighted by atomic mass is 10.1. The van der Waals surface area contributed by atoms with Crippen molar-refractivity contribution in [1.29, 1.82) is 0 Å². The Kier molecular flexibility index (Phi) is 4.73. The quantitative estimate of drug-likeness (QED) is 0.928. The van der Waals surface area contributed by atoms with Crippen LogP contribution in [0, 0.1) is 0 Å². The van der Waals surface area contributed by atoms with Crippen LogP contribution in [0.2, 0.25) is 5.02 Å². The second-order valence-corrected chi connectivity index (χ2v) is 6.95. The summed E-state index contributed by atoms with van der Waals surface area (Å²) in [6.45, 7) is 1.50. The molecule has 0 saturated heterocycles. The largest absolute Gasteiger partial charge is 0.418 e. The maximum absolute atomic E-state index is 12.8. The lowest BCUT2D eigenvalue weighted by Crippen LogP contribution is -2.26. The Morgan fingerprint density at radius 3 is 2.42 bits per heavy atom. The van der Waals surface area contributed by atoms with Crippen LogP contribution in [0.1, 0.15) is 12.5 Å². The number of benzene rings is 1. The maximum Gasteiger partial charge on any atom is 0.418 e. The second kappa shape index (κ2) is 5.58. The summed E-state index contributed by atoms with van der Waals surface area (Å²) in [6.07, 6.45) is -3.53. The topological polar surface area (TPSA) is 46.2 Å². The van der Waals surface area contributed by atoms with Crippen molar-refractivity contribution >= 4 is 27.1 Å². The summed E-state index contributed by atoms with van der Waals surface area (Å²) in [5.41, 5.74) is -1.10. The molecule has 19 heavy (non-hydrogen) atoms. The Balaban J connectivity index is 3.02. The molecule has 1 aromatic carbocycles. The van der Waals surface area contributed by atoms with Crippen molar-refractivity contribution in [1.82, 2.24) is 0 Å². The summed E-state index contributed by atoms with van der Waals surface area (Å²) in [5.74, 6) is -0.257. The fourth-order valence-corrected chi connectivity index (χ4v) is 2.80. The predicted molar refractivity (Wildman–Crippen MR) is 69.2 cm³/mol. The molecule has 0 amide bonds. The summed E-state index contributed by atoms with van der Waals surface area (Å²) < 4.78 is 60.6. The van der Waals surface area contributed by atoms with E-state index < -0.39 is 27.6 Å². The first kappa shape index (κ1) is 16.1. The van der Waals surface area contributed by atoms with Crippen LogP contribution in [0.15, 0.2) is 18.2 Å². The van der Waals surface area contributed by atoms with Gasteiger partial charge in [0, 0.05) is 23.0 Å². The molecule has 1 aromatic rings. The lowest BCUT2D eigenvalue weighted by Gasteiger charge is -2.19. The Hall–Kier alpha value is -0.950. The van der Waals surface area contributed by atoms with Crippen molar-refractivity contribution in [2.45, 2.75) is 19.1 Å². The Labute approximate surface area is 114 Å². The van der Waals surface area contributed by atoms with Gasteiger partial charge in [-0.1, -0.05) is 11.6 Å². The molecule has 0 aliphatic heterocycles. The van der Waals surface area contributed by atoms with Gasteiger partial charge < -0.3 is 5.32 Å². The van der Waals surface area contributed by atoms with Gasteiger partial charge in [-0.2, -0.15) is 13.2 Å². The van der Waals surface area contributed by atoms with Crippen molar-refractivity contribution in [3.05, 3.63) is 28.8 Å². The van der Waals surface area contributed by atoms with Crippen LogP contribution in [-0.4, -0.2) is 26.5 Å². The number of sulfone groups is 1. The van der Waals surface area contributed by atoms with Crippen molar-refractivity contribution in [2.24, 2.45) is 0 Å². The van der Waals surface area contributed by atoms with Gasteiger partial charge in [-0.3, -0.25) is 0 Å². The van der Waals surface area contributed by atoms with Gasteiger partial charge in [0.15, 0.2) is 0 Å². The molecule has 0 radical (unpaired) electrons. The predicted octanol–water partition coefficient (Wildman–Crippen LogP) is 3.20. The minimum absolute atomic E-state index is 0.0337. The molecule has 0 aromatic heterocycles. The first-order valence-electron chi connectivity index (χ1n) is 5.30. The Morgan fingerprint density at radius 2 is 1.95 bits per heavy atom. The van der Waals surface area contributed by atoms with E-state index in [1.807, 2.05) is 0 Å². The smallest absolute Gasteiger partial charge is 0.381 e. The molecule has 0 fully saturated rings. The average molecular weight is 316 g/mol. The van der Waals surface area contributed by atoms with E-state index in [1.165, 1.54) is 19.1 Å². The highest BCUT2D eigenvalue weighted by molar-refractivity contribution is 7.90. The van der Waals surface area contributed by atoms with Crippen LogP contribution in [0.4, 0.5) is 18.9 Å². The Bertz CT molecular complexity index is 558. The number of halogens is 4. The van der Waals surface area contributed by atoms with Gasteiger partial charge in [0.05, 0.1) is 11.3 Å². The standard InChI is InChI=1S/C11H13ClF3NO2S/c1-7(6-19(2,17)18)16-10-4-3-8(12)5-9(10)11(13,14)15/h3-5,7,16H,6H2,1-2H3. The molecule has 3 nitrogen and oxygen atoms in total. The zero-order valence-electron chi connectivity index (χ0n) is 10.3. The summed E-state index contributed by atoms with van der Waals surface area (Å²) in [7, 11) is -3.27. The number of nitrogens with one attached hydrogen (secondary N) is 1. The third-order valence-electron chi connectivity index (χ3n) is 2.24. The summed E-state index contributed by atoms with van der Waals surface area (Å²) in [5, 5.41) is 2.51. The van der Waals surface area contributed by atoms with Gasteiger partial charge in [-0.05, 0) is 25.1 Å². The minimum Gasteiger partial charge on any atom is -0.381 e. The van der Waals surface area contributed by atoms with Crippen molar-refractivity contribution < 1.29 is 21.6 Å². The molecule has 108 valence electrons. The molecular weight excluding hydrogens is 303 g/mol. The van der Waals surface area contributed by atoms with Crippen molar-refractivity contribution in [3.63, 3.8) is 0 Å². The molecule has 0 saturated carbocycles. The van der Waals surface area contributed by atoms with E-state index in [1.54, 1.807) is 0 Å². The SMILES string of the molecule is CC(CS(C)(=O)=O)Nc1ccc(Cl)cc1C(F)(F)F. The normalized spacial score (nSPS) is 14.2.